The van der Waals surface area contributed by atoms with Gasteiger partial charge in [0.15, 0.2) is 0 Å². The van der Waals surface area contributed by atoms with Crippen LogP contribution in [0.1, 0.15) is 34.3 Å². The van der Waals surface area contributed by atoms with Crippen LogP contribution >= 0.6 is 27.3 Å². The molecule has 0 bridgehead atoms. The summed E-state index contributed by atoms with van der Waals surface area (Å²) in [5, 5.41) is 4.82. The standard InChI is InChI=1S/C14H13BrN2S/c15-9-3-4-10-8(6-9)7-12-13(10)17-14(18-12)11-2-1-5-16-11/h3-4,6,11,16H,1-2,5,7H2. The predicted molar refractivity (Wildman–Crippen MR) is 78.0 cm³/mol. The van der Waals surface area contributed by atoms with Gasteiger partial charge in [0.05, 0.1) is 11.7 Å². The van der Waals surface area contributed by atoms with Crippen LogP contribution in [0.2, 0.25) is 0 Å². The SMILES string of the molecule is Brc1ccc2c(c1)Cc1sc(C3CCCN3)nc1-2. The monoisotopic (exact) mass is 320 g/mol. The Balaban J connectivity index is 1.76. The molecule has 1 aliphatic heterocycles. The molecule has 2 aliphatic rings. The summed E-state index contributed by atoms with van der Waals surface area (Å²) in [5.41, 5.74) is 3.96. The first-order chi connectivity index (χ1) is 8.81. The smallest absolute Gasteiger partial charge is 0.111 e. The summed E-state index contributed by atoms with van der Waals surface area (Å²) in [6.07, 6.45) is 3.56. The van der Waals surface area contributed by atoms with Gasteiger partial charge in [0.25, 0.3) is 0 Å². The maximum absolute atomic E-state index is 4.88. The summed E-state index contributed by atoms with van der Waals surface area (Å²) in [7, 11) is 0. The van der Waals surface area contributed by atoms with Crippen LogP contribution < -0.4 is 5.32 Å². The zero-order chi connectivity index (χ0) is 12.1. The number of thiazole rings is 1. The third-order valence-corrected chi connectivity index (χ3v) is 5.41. The first-order valence-corrected chi connectivity index (χ1v) is 7.94. The van der Waals surface area contributed by atoms with E-state index in [2.05, 4.69) is 39.4 Å². The van der Waals surface area contributed by atoms with Crippen molar-refractivity contribution in [3.63, 3.8) is 0 Å². The summed E-state index contributed by atoms with van der Waals surface area (Å²) in [4.78, 5) is 6.32. The van der Waals surface area contributed by atoms with E-state index in [0.29, 0.717) is 6.04 Å². The van der Waals surface area contributed by atoms with Gasteiger partial charge < -0.3 is 5.32 Å². The van der Waals surface area contributed by atoms with Crippen molar-refractivity contribution in [2.24, 2.45) is 0 Å². The molecule has 1 saturated heterocycles. The third kappa shape index (κ3) is 1.67. The van der Waals surface area contributed by atoms with E-state index in [1.165, 1.54) is 39.5 Å². The minimum absolute atomic E-state index is 0.500. The van der Waals surface area contributed by atoms with E-state index in [1.54, 1.807) is 0 Å². The number of rotatable bonds is 1. The van der Waals surface area contributed by atoms with Gasteiger partial charge in [0.1, 0.15) is 5.01 Å². The fraction of sp³-hybridized carbons (Fsp3) is 0.357. The Labute approximate surface area is 119 Å². The molecule has 0 spiro atoms. The Hall–Kier alpha value is -0.710. The molecule has 1 atom stereocenters. The second kappa shape index (κ2) is 4.15. The van der Waals surface area contributed by atoms with Gasteiger partial charge in [-0.25, -0.2) is 4.98 Å². The zero-order valence-electron chi connectivity index (χ0n) is 9.87. The van der Waals surface area contributed by atoms with E-state index >= 15 is 0 Å². The lowest BCUT2D eigenvalue weighted by molar-refractivity contribution is 0.643. The molecule has 1 aromatic heterocycles. The second-order valence-corrected chi connectivity index (χ2v) is 6.98. The summed E-state index contributed by atoms with van der Waals surface area (Å²) in [5.74, 6) is 0. The summed E-state index contributed by atoms with van der Waals surface area (Å²) in [6.45, 7) is 1.14. The summed E-state index contributed by atoms with van der Waals surface area (Å²) < 4.78 is 1.16. The van der Waals surface area contributed by atoms with Gasteiger partial charge in [-0.2, -0.15) is 0 Å². The van der Waals surface area contributed by atoms with Crippen LogP contribution in [0.15, 0.2) is 22.7 Å². The molecule has 0 radical (unpaired) electrons. The van der Waals surface area contributed by atoms with Crippen molar-refractivity contribution in [3.8, 4) is 11.3 Å². The number of benzene rings is 1. The zero-order valence-corrected chi connectivity index (χ0v) is 12.3. The molecule has 1 aliphatic carbocycles. The lowest BCUT2D eigenvalue weighted by atomic mass is 10.1. The highest BCUT2D eigenvalue weighted by atomic mass is 79.9. The number of hydrogen-bond acceptors (Lipinski definition) is 3. The fourth-order valence-corrected chi connectivity index (χ4v) is 4.48. The quantitative estimate of drug-likeness (QED) is 0.735. The summed E-state index contributed by atoms with van der Waals surface area (Å²) >= 11 is 5.43. The molecular formula is C14H13BrN2S. The Morgan fingerprint density at radius 1 is 1.39 bits per heavy atom. The first kappa shape index (κ1) is 11.1. The highest BCUT2D eigenvalue weighted by Gasteiger charge is 2.27. The Bertz CT molecular complexity index is 614. The molecule has 2 nitrogen and oxygen atoms in total. The van der Waals surface area contributed by atoms with Crippen molar-refractivity contribution in [3.05, 3.63) is 38.1 Å². The van der Waals surface area contributed by atoms with Crippen molar-refractivity contribution in [1.29, 1.82) is 0 Å². The van der Waals surface area contributed by atoms with Crippen LogP contribution in [0.5, 0.6) is 0 Å². The maximum atomic E-state index is 4.88. The lowest BCUT2D eigenvalue weighted by Crippen LogP contribution is -2.12. The third-order valence-electron chi connectivity index (χ3n) is 3.75. The Morgan fingerprint density at radius 3 is 3.17 bits per heavy atom. The molecule has 1 aromatic carbocycles. The van der Waals surface area contributed by atoms with Crippen LogP contribution in [-0.4, -0.2) is 11.5 Å². The Morgan fingerprint density at radius 2 is 2.33 bits per heavy atom. The van der Waals surface area contributed by atoms with Crippen LogP contribution in [0.25, 0.3) is 11.3 Å². The van der Waals surface area contributed by atoms with E-state index in [0.717, 1.165) is 17.4 Å². The minimum Gasteiger partial charge on any atom is -0.308 e. The van der Waals surface area contributed by atoms with Crippen molar-refractivity contribution in [1.82, 2.24) is 10.3 Å². The molecular weight excluding hydrogens is 308 g/mol. The van der Waals surface area contributed by atoms with Gasteiger partial charge in [-0.15, -0.1) is 11.3 Å². The number of hydrogen-bond donors (Lipinski definition) is 1. The molecule has 1 fully saturated rings. The lowest BCUT2D eigenvalue weighted by Gasteiger charge is -2.05. The van der Waals surface area contributed by atoms with Crippen LogP contribution in [0.4, 0.5) is 0 Å². The molecule has 92 valence electrons. The highest BCUT2D eigenvalue weighted by Crippen LogP contribution is 2.42. The van der Waals surface area contributed by atoms with E-state index in [1.807, 2.05) is 11.3 Å². The topological polar surface area (TPSA) is 24.9 Å². The van der Waals surface area contributed by atoms with Gasteiger partial charge in [0, 0.05) is 21.3 Å². The molecule has 4 heteroatoms. The average molecular weight is 321 g/mol. The van der Waals surface area contributed by atoms with Crippen LogP contribution in [-0.2, 0) is 6.42 Å². The van der Waals surface area contributed by atoms with Crippen LogP contribution in [0, 0.1) is 0 Å². The van der Waals surface area contributed by atoms with Gasteiger partial charge in [0.2, 0.25) is 0 Å². The molecule has 0 amide bonds. The number of aromatic nitrogens is 1. The molecule has 18 heavy (non-hydrogen) atoms. The maximum Gasteiger partial charge on any atom is 0.111 e. The van der Waals surface area contributed by atoms with E-state index < -0.39 is 0 Å². The molecule has 1 unspecified atom stereocenters. The largest absolute Gasteiger partial charge is 0.308 e. The fourth-order valence-electron chi connectivity index (χ4n) is 2.86. The van der Waals surface area contributed by atoms with Gasteiger partial charge in [-0.3, -0.25) is 0 Å². The molecule has 2 aromatic rings. The Kier molecular flexibility index (Phi) is 2.57. The van der Waals surface area contributed by atoms with Crippen LogP contribution in [0.3, 0.4) is 0 Å². The molecule has 1 N–H and O–H groups in total. The van der Waals surface area contributed by atoms with Gasteiger partial charge in [-0.1, -0.05) is 22.0 Å². The van der Waals surface area contributed by atoms with E-state index in [9.17, 15) is 0 Å². The average Bonchev–Trinajstić information content (AvgIpc) is 3.01. The normalized spacial score (nSPS) is 21.1. The van der Waals surface area contributed by atoms with E-state index in [4.69, 9.17) is 4.98 Å². The van der Waals surface area contributed by atoms with Crippen molar-refractivity contribution in [2.45, 2.75) is 25.3 Å². The van der Waals surface area contributed by atoms with Gasteiger partial charge >= 0.3 is 0 Å². The number of fused-ring (bicyclic) bond motifs is 3. The number of halogens is 1. The minimum atomic E-state index is 0.500. The molecule has 2 heterocycles. The number of nitrogens with one attached hydrogen (secondary N) is 1. The van der Waals surface area contributed by atoms with Crippen molar-refractivity contribution < 1.29 is 0 Å². The van der Waals surface area contributed by atoms with Crippen molar-refractivity contribution in [2.75, 3.05) is 6.54 Å². The second-order valence-electron chi connectivity index (χ2n) is 4.95. The van der Waals surface area contributed by atoms with Crippen molar-refractivity contribution >= 4 is 27.3 Å². The highest BCUT2D eigenvalue weighted by molar-refractivity contribution is 9.10. The van der Waals surface area contributed by atoms with Gasteiger partial charge in [-0.05, 0) is 37.1 Å². The predicted octanol–water partition coefficient (Wildman–Crippen LogP) is 3.90. The van der Waals surface area contributed by atoms with E-state index in [-0.39, 0.29) is 0 Å². The summed E-state index contributed by atoms with van der Waals surface area (Å²) in [6, 6.07) is 7.02. The molecule has 0 saturated carbocycles. The first-order valence-electron chi connectivity index (χ1n) is 6.33. The number of nitrogens with zero attached hydrogens (tertiary/aromatic N) is 1. The molecule has 4 rings (SSSR count).